The van der Waals surface area contributed by atoms with E-state index in [0.717, 1.165) is 56.5 Å². The van der Waals surface area contributed by atoms with Gasteiger partial charge in [-0.25, -0.2) is 0 Å². The van der Waals surface area contributed by atoms with Crippen LogP contribution in [0.2, 0.25) is 19.6 Å². The largest absolute Gasteiger partial charge is 0.455 e. The molecule has 0 aliphatic carbocycles. The second kappa shape index (κ2) is 13.3. The number of benzene rings is 7. The van der Waals surface area contributed by atoms with E-state index in [0.29, 0.717) is 0 Å². The van der Waals surface area contributed by atoms with Gasteiger partial charge in [0.1, 0.15) is 16.8 Å². The Bertz CT molecular complexity index is 3450. The third-order valence-electron chi connectivity index (χ3n) is 13.6. The summed E-state index contributed by atoms with van der Waals surface area (Å²) < 4.78 is 15.2. The van der Waals surface area contributed by atoms with Gasteiger partial charge in [-0.2, -0.15) is 4.57 Å². The number of aryl methyl sites for hydroxylation is 1. The molecule has 3 aromatic heterocycles. The molecule has 1 spiro atoms. The van der Waals surface area contributed by atoms with Crippen LogP contribution >= 0.6 is 0 Å². The molecule has 2 aliphatic rings. The third kappa shape index (κ3) is 5.39. The van der Waals surface area contributed by atoms with Crippen molar-refractivity contribution < 1.29 is 13.6 Å². The molecule has 63 heavy (non-hydrogen) atoms. The summed E-state index contributed by atoms with van der Waals surface area (Å²) >= 11 is 0. The number of hydrogen-bond donors (Lipinski definition) is 0. The van der Waals surface area contributed by atoms with Crippen molar-refractivity contribution >= 4 is 46.2 Å². The molecule has 4 nitrogen and oxygen atoms in total. The van der Waals surface area contributed by atoms with Gasteiger partial charge in [0.15, 0.2) is 22.8 Å². The molecule has 12 rings (SSSR count). The Labute approximate surface area is 370 Å². The third-order valence-corrected chi connectivity index (χ3v) is 15.6. The van der Waals surface area contributed by atoms with Crippen LogP contribution in [0.5, 0.6) is 0 Å². The van der Waals surface area contributed by atoms with Crippen molar-refractivity contribution in [1.29, 1.82) is 0 Å². The maximum absolute atomic E-state index is 7.19. The number of nitrogens with zero attached hydrogens (tertiary/aromatic N) is 3. The Morgan fingerprint density at radius 3 is 2.00 bits per heavy atom. The fourth-order valence-electron chi connectivity index (χ4n) is 11.1. The number of aromatic nitrogens is 3. The second-order valence-electron chi connectivity index (χ2n) is 20.1. The number of fused-ring (bicyclic) bond motifs is 16. The standard InChI is InChI=1S/C58H51N3OSi/c1-37-29-30-45-47(33-37)58(59-36-52(63(5,6)7)40(34-50(45)59)35-57(2,3)4)46-32-31-44-43-23-14-17-28-51(43)62-55(44)53(46)56-60(48-26-15-16-27-49(48)61(56)58)54-41(38-19-10-8-11-20-38)24-18-25-42(54)39-21-12-9-13-22-39/h8-34,36H,35H2,1-7H3/q+2. The fourth-order valence-corrected chi connectivity index (χ4v) is 12.8. The van der Waals surface area contributed by atoms with E-state index in [2.05, 4.69) is 231 Å². The average molecular weight is 834 g/mol. The quantitative estimate of drug-likeness (QED) is 0.125. The van der Waals surface area contributed by atoms with Crippen LogP contribution in [0.1, 0.15) is 43.0 Å². The molecule has 0 bridgehead atoms. The monoisotopic (exact) mass is 833 g/mol. The summed E-state index contributed by atoms with van der Waals surface area (Å²) in [6.07, 6.45) is 3.60. The smallest absolute Gasteiger partial charge is 0.364 e. The molecular weight excluding hydrogens is 783 g/mol. The number of hydrogen-bond acceptors (Lipinski definition) is 1. The molecular formula is C58H51N3OSi+2. The molecule has 10 aromatic rings. The highest BCUT2D eigenvalue weighted by atomic mass is 28.3. The summed E-state index contributed by atoms with van der Waals surface area (Å²) in [4.78, 5) is 0. The highest BCUT2D eigenvalue weighted by Gasteiger charge is 2.67. The Morgan fingerprint density at radius 2 is 1.30 bits per heavy atom. The highest BCUT2D eigenvalue weighted by Crippen LogP contribution is 2.53. The molecule has 0 amide bonds. The predicted molar refractivity (Wildman–Crippen MR) is 262 cm³/mol. The summed E-state index contributed by atoms with van der Waals surface area (Å²) in [5.74, 6) is 1.11. The maximum Gasteiger partial charge on any atom is 0.364 e. The first-order chi connectivity index (χ1) is 30.4. The minimum absolute atomic E-state index is 0.129. The Hall–Kier alpha value is -6.82. The summed E-state index contributed by atoms with van der Waals surface area (Å²) in [5, 5.41) is 3.76. The number of rotatable bonds is 5. The van der Waals surface area contributed by atoms with Gasteiger partial charge in [0.05, 0.1) is 24.8 Å². The topological polar surface area (TPSA) is 25.8 Å². The average Bonchev–Trinajstić information content (AvgIpc) is 3.98. The number of imidazole rings is 1. The Kier molecular flexibility index (Phi) is 8.03. The van der Waals surface area contributed by atoms with E-state index in [-0.39, 0.29) is 5.41 Å². The predicted octanol–water partition coefficient (Wildman–Crippen LogP) is 13.1. The SMILES string of the molecule is Cc1ccc2c(c1)C1(c3ccc4c(oc5ccccc54)c3-c3n(-c4c(-c5ccccc5)cccc4-c4ccccc4)c4ccccc4[n+]31)[n+]1cc([Si](C)(C)C)c(CC(C)(C)C)cc1-2. The minimum Gasteiger partial charge on any atom is -0.455 e. The van der Waals surface area contributed by atoms with Crippen LogP contribution in [0.4, 0.5) is 0 Å². The molecule has 0 saturated heterocycles. The lowest BCUT2D eigenvalue weighted by atomic mass is 9.87. The first-order valence-electron chi connectivity index (χ1n) is 22.4. The minimum atomic E-state index is -1.90. The van der Waals surface area contributed by atoms with Crippen LogP contribution in [-0.4, -0.2) is 12.6 Å². The van der Waals surface area contributed by atoms with E-state index in [1.165, 1.54) is 61.0 Å². The van der Waals surface area contributed by atoms with Gasteiger partial charge in [0.25, 0.3) is 0 Å². The van der Waals surface area contributed by atoms with Gasteiger partial charge in [-0.1, -0.05) is 161 Å². The first-order valence-corrected chi connectivity index (χ1v) is 25.9. The zero-order valence-electron chi connectivity index (χ0n) is 37.1. The van der Waals surface area contributed by atoms with Crippen molar-refractivity contribution in [2.75, 3.05) is 0 Å². The summed E-state index contributed by atoms with van der Waals surface area (Å²) in [6.45, 7) is 16.9. The van der Waals surface area contributed by atoms with Crippen molar-refractivity contribution in [2.45, 2.75) is 59.4 Å². The van der Waals surface area contributed by atoms with Gasteiger partial charge in [0.2, 0.25) is 5.69 Å². The number of para-hydroxylation sites is 4. The van der Waals surface area contributed by atoms with Crippen molar-refractivity contribution in [3.05, 3.63) is 192 Å². The van der Waals surface area contributed by atoms with Crippen molar-refractivity contribution in [1.82, 2.24) is 4.57 Å². The summed E-state index contributed by atoms with van der Waals surface area (Å²) in [6, 6.07) is 60.7. The van der Waals surface area contributed by atoms with Crippen LogP contribution in [0.3, 0.4) is 0 Å². The van der Waals surface area contributed by atoms with E-state index < -0.39 is 13.7 Å². The van der Waals surface area contributed by atoms with Gasteiger partial charge in [-0.3, -0.25) is 0 Å². The van der Waals surface area contributed by atoms with Crippen molar-refractivity contribution in [3.8, 4) is 50.6 Å². The Morgan fingerprint density at radius 1 is 0.635 bits per heavy atom. The van der Waals surface area contributed by atoms with Crippen LogP contribution in [0.15, 0.2) is 174 Å². The molecule has 1 unspecified atom stereocenters. The molecule has 1 atom stereocenters. The molecule has 0 radical (unpaired) electrons. The lowest BCUT2D eigenvalue weighted by Gasteiger charge is -2.26. The molecule has 7 aromatic carbocycles. The van der Waals surface area contributed by atoms with Crippen molar-refractivity contribution in [2.24, 2.45) is 5.41 Å². The lowest BCUT2D eigenvalue weighted by molar-refractivity contribution is -0.944. The zero-order valence-corrected chi connectivity index (χ0v) is 38.1. The molecule has 0 saturated carbocycles. The lowest BCUT2D eigenvalue weighted by Crippen LogP contribution is -2.72. The van der Waals surface area contributed by atoms with Crippen LogP contribution in [-0.2, 0) is 12.1 Å². The van der Waals surface area contributed by atoms with Gasteiger partial charge in [-0.15, -0.1) is 9.13 Å². The van der Waals surface area contributed by atoms with Crippen LogP contribution in [0.25, 0.3) is 83.6 Å². The molecule has 0 fully saturated rings. The van der Waals surface area contributed by atoms with Gasteiger partial charge < -0.3 is 4.42 Å². The molecule has 5 heteroatoms. The van der Waals surface area contributed by atoms with Gasteiger partial charge in [0, 0.05) is 33.2 Å². The van der Waals surface area contributed by atoms with E-state index in [1.54, 1.807) is 0 Å². The van der Waals surface area contributed by atoms with Crippen molar-refractivity contribution in [3.63, 3.8) is 0 Å². The second-order valence-corrected chi connectivity index (χ2v) is 25.1. The van der Waals surface area contributed by atoms with Gasteiger partial charge >= 0.3 is 11.5 Å². The zero-order chi connectivity index (χ0) is 43.0. The summed E-state index contributed by atoms with van der Waals surface area (Å²) in [7, 11) is -1.90. The van der Waals surface area contributed by atoms with Gasteiger partial charge in [-0.05, 0) is 77.9 Å². The number of furan rings is 1. The Balaban J connectivity index is 1.33. The van der Waals surface area contributed by atoms with Crippen LogP contribution < -0.4 is 14.3 Å². The van der Waals surface area contributed by atoms with E-state index >= 15 is 0 Å². The molecule has 0 N–H and O–H groups in total. The molecule has 2 aliphatic heterocycles. The number of pyridine rings is 1. The molecule has 306 valence electrons. The van der Waals surface area contributed by atoms with E-state index in [9.17, 15) is 0 Å². The summed E-state index contributed by atoms with van der Waals surface area (Å²) in [5.41, 5.74) is 18.2. The molecule has 5 heterocycles. The highest BCUT2D eigenvalue weighted by molar-refractivity contribution is 6.89. The fraction of sp³-hybridized carbons (Fsp3) is 0.172. The maximum atomic E-state index is 7.19. The normalized spacial score (nSPS) is 15.3. The van der Waals surface area contributed by atoms with E-state index in [4.69, 9.17) is 4.42 Å². The van der Waals surface area contributed by atoms with Crippen LogP contribution in [0, 0.1) is 12.3 Å². The first kappa shape index (κ1) is 37.9. The van der Waals surface area contributed by atoms with E-state index in [1.807, 2.05) is 0 Å².